The first-order valence-electron chi connectivity index (χ1n) is 8.72. The average molecular weight is 339 g/mol. The smallest absolute Gasteiger partial charge is 0.251 e. The molecule has 1 amide bonds. The Morgan fingerprint density at radius 3 is 2.64 bits per heavy atom. The molecule has 0 aromatic heterocycles. The van der Waals surface area contributed by atoms with Gasteiger partial charge < -0.3 is 10.4 Å². The Morgan fingerprint density at radius 1 is 1.20 bits per heavy atom. The molecule has 1 aliphatic heterocycles. The summed E-state index contributed by atoms with van der Waals surface area (Å²) >= 11 is 0. The summed E-state index contributed by atoms with van der Waals surface area (Å²) in [4.78, 5) is 12.5. The Balaban J connectivity index is 1.64. The van der Waals surface area contributed by atoms with Gasteiger partial charge in [-0.2, -0.15) is 0 Å². The van der Waals surface area contributed by atoms with Crippen molar-refractivity contribution in [2.75, 3.05) is 0 Å². The summed E-state index contributed by atoms with van der Waals surface area (Å²) in [5, 5.41) is 12.5. The minimum absolute atomic E-state index is 0.0628. The fourth-order valence-corrected chi connectivity index (χ4v) is 3.25. The predicted molar refractivity (Wildman–Crippen MR) is 99.2 cm³/mol. The molecular weight excluding hydrogens is 314 g/mol. The van der Waals surface area contributed by atoms with Crippen LogP contribution in [0.4, 0.5) is 0 Å². The van der Waals surface area contributed by atoms with Gasteiger partial charge in [0.1, 0.15) is 5.75 Å². The second-order valence-electron chi connectivity index (χ2n) is 6.86. The topological polar surface area (TPSA) is 73.4 Å². The van der Waals surface area contributed by atoms with Gasteiger partial charge >= 0.3 is 0 Å². The molecule has 5 nitrogen and oxygen atoms in total. The number of carbonyl (C=O) groups is 1. The summed E-state index contributed by atoms with van der Waals surface area (Å²) < 4.78 is 0. The molecule has 0 radical (unpaired) electrons. The molecule has 0 spiro atoms. The fourth-order valence-electron chi connectivity index (χ4n) is 3.25. The number of hydrazine groups is 1. The molecule has 2 aromatic carbocycles. The van der Waals surface area contributed by atoms with Gasteiger partial charge in [-0.3, -0.25) is 15.6 Å². The number of amides is 1. The van der Waals surface area contributed by atoms with Crippen LogP contribution in [-0.4, -0.2) is 29.1 Å². The molecule has 5 heteroatoms. The number of carbonyl (C=O) groups excluding carboxylic acids is 1. The SMILES string of the molecule is CC1CC(CC(C)NC(=O)c2cccc(-c3ccc(O)cc3)c2)NN1. The van der Waals surface area contributed by atoms with E-state index in [2.05, 4.69) is 23.1 Å². The highest BCUT2D eigenvalue weighted by atomic mass is 16.3. The zero-order valence-corrected chi connectivity index (χ0v) is 14.6. The van der Waals surface area contributed by atoms with Gasteiger partial charge in [0.25, 0.3) is 5.91 Å². The van der Waals surface area contributed by atoms with Crippen LogP contribution < -0.4 is 16.2 Å². The maximum absolute atomic E-state index is 12.5. The number of benzene rings is 2. The Morgan fingerprint density at radius 2 is 1.96 bits per heavy atom. The number of phenols is 1. The molecule has 1 aliphatic rings. The van der Waals surface area contributed by atoms with E-state index in [1.165, 1.54) is 0 Å². The van der Waals surface area contributed by atoms with E-state index < -0.39 is 0 Å². The number of phenolic OH excluding ortho intramolecular Hbond substituents is 1. The first-order chi connectivity index (χ1) is 12.0. The lowest BCUT2D eigenvalue weighted by Crippen LogP contribution is -2.39. The van der Waals surface area contributed by atoms with Gasteiger partial charge in [-0.25, -0.2) is 0 Å². The summed E-state index contributed by atoms with van der Waals surface area (Å²) in [6.45, 7) is 4.18. The fraction of sp³-hybridized carbons (Fsp3) is 0.350. The lowest BCUT2D eigenvalue weighted by molar-refractivity contribution is 0.0936. The summed E-state index contributed by atoms with van der Waals surface area (Å²) in [6, 6.07) is 15.5. The third kappa shape index (κ3) is 4.59. The molecule has 1 heterocycles. The lowest BCUT2D eigenvalue weighted by Gasteiger charge is -2.18. The van der Waals surface area contributed by atoms with Crippen molar-refractivity contribution in [2.24, 2.45) is 0 Å². The van der Waals surface area contributed by atoms with Crippen LogP contribution >= 0.6 is 0 Å². The quantitative estimate of drug-likeness (QED) is 0.676. The molecule has 3 rings (SSSR count). The highest BCUT2D eigenvalue weighted by Gasteiger charge is 2.22. The number of hydrogen-bond acceptors (Lipinski definition) is 4. The molecule has 0 aliphatic carbocycles. The number of nitrogens with one attached hydrogen (secondary N) is 3. The van der Waals surface area contributed by atoms with Gasteiger partial charge in [-0.1, -0.05) is 24.3 Å². The van der Waals surface area contributed by atoms with Crippen molar-refractivity contribution in [1.29, 1.82) is 0 Å². The van der Waals surface area contributed by atoms with Crippen molar-refractivity contribution in [3.05, 3.63) is 54.1 Å². The van der Waals surface area contributed by atoms with Crippen molar-refractivity contribution < 1.29 is 9.90 Å². The second kappa shape index (κ2) is 7.68. The van der Waals surface area contributed by atoms with Crippen LogP contribution in [0.3, 0.4) is 0 Å². The first kappa shape index (κ1) is 17.5. The Labute approximate surface area is 148 Å². The molecule has 0 saturated carbocycles. The van der Waals surface area contributed by atoms with E-state index in [0.717, 1.165) is 24.0 Å². The van der Waals surface area contributed by atoms with Crippen molar-refractivity contribution >= 4 is 5.91 Å². The zero-order chi connectivity index (χ0) is 17.8. The standard InChI is InChI=1S/C20H25N3O2/c1-13(10-18-11-14(2)22-23-18)21-20(25)17-5-3-4-16(12-17)15-6-8-19(24)9-7-15/h3-9,12-14,18,22-24H,10-11H2,1-2H3,(H,21,25). The minimum Gasteiger partial charge on any atom is -0.508 e. The van der Waals surface area contributed by atoms with Crippen LogP contribution in [0.2, 0.25) is 0 Å². The molecule has 4 N–H and O–H groups in total. The largest absolute Gasteiger partial charge is 0.508 e. The highest BCUT2D eigenvalue weighted by Crippen LogP contribution is 2.23. The highest BCUT2D eigenvalue weighted by molar-refractivity contribution is 5.95. The number of hydrogen-bond donors (Lipinski definition) is 4. The molecule has 3 atom stereocenters. The van der Waals surface area contributed by atoms with Crippen LogP contribution in [0.25, 0.3) is 11.1 Å². The molecule has 132 valence electrons. The van der Waals surface area contributed by atoms with Crippen molar-refractivity contribution in [2.45, 2.75) is 44.8 Å². The molecule has 2 aromatic rings. The maximum atomic E-state index is 12.5. The van der Waals surface area contributed by atoms with E-state index in [4.69, 9.17) is 0 Å². The average Bonchev–Trinajstić information content (AvgIpc) is 3.00. The Bertz CT molecular complexity index is 730. The van der Waals surface area contributed by atoms with Crippen LogP contribution in [0.15, 0.2) is 48.5 Å². The van der Waals surface area contributed by atoms with Gasteiger partial charge in [0, 0.05) is 23.7 Å². The van der Waals surface area contributed by atoms with E-state index in [0.29, 0.717) is 17.6 Å². The van der Waals surface area contributed by atoms with Crippen molar-refractivity contribution in [3.63, 3.8) is 0 Å². The maximum Gasteiger partial charge on any atom is 0.251 e. The summed E-state index contributed by atoms with van der Waals surface area (Å²) in [5.74, 6) is 0.169. The van der Waals surface area contributed by atoms with Crippen molar-refractivity contribution in [1.82, 2.24) is 16.2 Å². The second-order valence-corrected chi connectivity index (χ2v) is 6.86. The molecule has 1 saturated heterocycles. The summed E-state index contributed by atoms with van der Waals surface area (Å²) in [7, 11) is 0. The zero-order valence-electron chi connectivity index (χ0n) is 14.6. The molecule has 3 unspecified atom stereocenters. The number of aromatic hydroxyl groups is 1. The van der Waals surface area contributed by atoms with Gasteiger partial charge in [-0.05, 0) is 62.1 Å². The molecule has 1 fully saturated rings. The lowest BCUT2D eigenvalue weighted by atomic mass is 10.0. The van der Waals surface area contributed by atoms with E-state index in [1.54, 1.807) is 12.1 Å². The minimum atomic E-state index is -0.0628. The molecular formula is C20H25N3O2. The predicted octanol–water partition coefficient (Wildman–Crippen LogP) is 2.82. The van der Waals surface area contributed by atoms with E-state index >= 15 is 0 Å². The summed E-state index contributed by atoms with van der Waals surface area (Å²) in [6.07, 6.45) is 1.96. The Kier molecular flexibility index (Phi) is 5.36. The van der Waals surface area contributed by atoms with Crippen molar-refractivity contribution in [3.8, 4) is 16.9 Å². The van der Waals surface area contributed by atoms with E-state index in [9.17, 15) is 9.90 Å². The van der Waals surface area contributed by atoms with Gasteiger partial charge in [0.05, 0.1) is 0 Å². The van der Waals surface area contributed by atoms with Crippen LogP contribution in [0, 0.1) is 0 Å². The van der Waals surface area contributed by atoms with Gasteiger partial charge in [0.15, 0.2) is 0 Å². The normalized spacial score (nSPS) is 21.0. The van der Waals surface area contributed by atoms with Gasteiger partial charge in [0.2, 0.25) is 0 Å². The van der Waals surface area contributed by atoms with Gasteiger partial charge in [-0.15, -0.1) is 0 Å². The first-order valence-corrected chi connectivity index (χ1v) is 8.72. The summed E-state index contributed by atoms with van der Waals surface area (Å²) in [5.41, 5.74) is 9.04. The Hall–Kier alpha value is -2.37. The van der Waals surface area contributed by atoms with E-state index in [1.807, 2.05) is 43.3 Å². The van der Waals surface area contributed by atoms with Crippen LogP contribution in [0.5, 0.6) is 5.75 Å². The van der Waals surface area contributed by atoms with Crippen LogP contribution in [0.1, 0.15) is 37.0 Å². The number of rotatable bonds is 5. The third-order valence-electron chi connectivity index (χ3n) is 4.51. The van der Waals surface area contributed by atoms with Crippen LogP contribution in [-0.2, 0) is 0 Å². The molecule has 25 heavy (non-hydrogen) atoms. The van der Waals surface area contributed by atoms with E-state index in [-0.39, 0.29) is 17.7 Å². The third-order valence-corrected chi connectivity index (χ3v) is 4.51. The molecule has 0 bridgehead atoms. The monoisotopic (exact) mass is 339 g/mol.